The molecule has 0 saturated carbocycles. The van der Waals surface area contributed by atoms with Gasteiger partial charge in [0.2, 0.25) is 0 Å². The molecule has 0 spiro atoms. The van der Waals surface area contributed by atoms with E-state index >= 15 is 0 Å². The van der Waals surface area contributed by atoms with Crippen LogP contribution in [0.3, 0.4) is 0 Å². The van der Waals surface area contributed by atoms with Crippen molar-refractivity contribution in [2.45, 2.75) is 13.5 Å². The lowest BCUT2D eigenvalue weighted by molar-refractivity contribution is 0.0696. The highest BCUT2D eigenvalue weighted by molar-refractivity contribution is 5.89. The Morgan fingerprint density at radius 3 is 2.50 bits per heavy atom. The number of hydrogen-bond acceptors (Lipinski definition) is 3. The lowest BCUT2D eigenvalue weighted by atomic mass is 10.1. The average molecular weight is 267 g/mol. The van der Waals surface area contributed by atoms with Gasteiger partial charge in [0, 0.05) is 0 Å². The van der Waals surface area contributed by atoms with Crippen LogP contribution in [0.1, 0.15) is 27.0 Å². The molecule has 2 aromatic rings. The molecule has 0 atom stereocenters. The highest BCUT2D eigenvalue weighted by Crippen LogP contribution is 2.18. The molecule has 0 radical (unpaired) electrons. The molecule has 0 saturated heterocycles. The molecule has 0 amide bonds. The van der Waals surface area contributed by atoms with Gasteiger partial charge in [0.05, 0.1) is 17.2 Å². The van der Waals surface area contributed by atoms with Crippen LogP contribution >= 0.6 is 0 Å². The second-order valence-corrected chi connectivity index (χ2v) is 4.38. The van der Waals surface area contributed by atoms with Crippen molar-refractivity contribution in [1.82, 2.24) is 0 Å². The smallest absolute Gasteiger partial charge is 0.335 e. The number of rotatable bonds is 4. The first kappa shape index (κ1) is 13.6. The number of aromatic carboxylic acids is 1. The van der Waals surface area contributed by atoms with E-state index in [0.717, 1.165) is 5.56 Å². The lowest BCUT2D eigenvalue weighted by Gasteiger charge is -2.08. The maximum Gasteiger partial charge on any atom is 0.335 e. The van der Waals surface area contributed by atoms with Crippen LogP contribution in [-0.2, 0) is 6.61 Å². The second-order valence-electron chi connectivity index (χ2n) is 4.38. The number of aryl methyl sites for hydroxylation is 1. The van der Waals surface area contributed by atoms with Gasteiger partial charge in [0.15, 0.2) is 0 Å². The number of carbonyl (C=O) groups is 1. The fraction of sp³-hybridized carbons (Fsp3) is 0.125. The summed E-state index contributed by atoms with van der Waals surface area (Å²) in [6.45, 7) is 2.11. The molecule has 0 unspecified atom stereocenters. The fourth-order valence-electron chi connectivity index (χ4n) is 1.81. The summed E-state index contributed by atoms with van der Waals surface area (Å²) in [5.74, 6) is -0.321. The maximum absolute atomic E-state index is 10.9. The van der Waals surface area contributed by atoms with Gasteiger partial charge in [-0.1, -0.05) is 12.1 Å². The van der Waals surface area contributed by atoms with E-state index in [2.05, 4.69) is 6.07 Å². The molecule has 0 aliphatic heterocycles. The zero-order valence-corrected chi connectivity index (χ0v) is 11.0. The Kier molecular flexibility index (Phi) is 4.02. The Hall–Kier alpha value is -2.80. The van der Waals surface area contributed by atoms with Crippen molar-refractivity contribution >= 4 is 5.97 Å². The number of carboxylic acid groups (broad SMARTS) is 1. The number of ether oxygens (including phenoxy) is 1. The zero-order valence-electron chi connectivity index (χ0n) is 11.0. The summed E-state index contributed by atoms with van der Waals surface area (Å²) in [5.41, 5.74) is 2.49. The van der Waals surface area contributed by atoms with Crippen molar-refractivity contribution in [3.8, 4) is 11.8 Å². The van der Waals surface area contributed by atoms with E-state index in [9.17, 15) is 4.79 Å². The number of hydrogen-bond donors (Lipinski definition) is 1. The molecule has 0 aromatic heterocycles. The summed E-state index contributed by atoms with van der Waals surface area (Å²) < 4.78 is 5.61. The predicted molar refractivity (Wildman–Crippen MR) is 73.6 cm³/mol. The minimum absolute atomic E-state index is 0.274. The van der Waals surface area contributed by atoms with Crippen molar-refractivity contribution in [3.05, 3.63) is 64.7 Å². The van der Waals surface area contributed by atoms with E-state index in [1.165, 1.54) is 6.07 Å². The summed E-state index contributed by atoms with van der Waals surface area (Å²) in [5, 5.41) is 17.7. The van der Waals surface area contributed by atoms with E-state index in [4.69, 9.17) is 15.1 Å². The topological polar surface area (TPSA) is 70.3 Å². The van der Waals surface area contributed by atoms with Gasteiger partial charge in [-0.2, -0.15) is 5.26 Å². The highest BCUT2D eigenvalue weighted by atomic mass is 16.5. The van der Waals surface area contributed by atoms with Crippen molar-refractivity contribution in [2.24, 2.45) is 0 Å². The van der Waals surface area contributed by atoms with Crippen molar-refractivity contribution in [3.63, 3.8) is 0 Å². The van der Waals surface area contributed by atoms with Crippen LogP contribution in [0.15, 0.2) is 42.5 Å². The van der Waals surface area contributed by atoms with Crippen LogP contribution in [0.25, 0.3) is 0 Å². The number of carboxylic acids is 1. The summed E-state index contributed by atoms with van der Waals surface area (Å²) in [6.07, 6.45) is 0. The summed E-state index contributed by atoms with van der Waals surface area (Å²) in [4.78, 5) is 10.9. The lowest BCUT2D eigenvalue weighted by Crippen LogP contribution is -2.01. The molecule has 4 heteroatoms. The maximum atomic E-state index is 10.9. The van der Waals surface area contributed by atoms with Crippen LogP contribution in [-0.4, -0.2) is 11.1 Å². The summed E-state index contributed by atoms with van der Waals surface area (Å²) in [6, 6.07) is 14.1. The molecule has 0 aliphatic rings. The van der Waals surface area contributed by atoms with E-state index in [1.807, 2.05) is 12.1 Å². The van der Waals surface area contributed by atoms with E-state index in [1.54, 1.807) is 31.2 Å². The molecule has 100 valence electrons. The third kappa shape index (κ3) is 3.15. The van der Waals surface area contributed by atoms with Gasteiger partial charge in [0.1, 0.15) is 12.4 Å². The second kappa shape index (κ2) is 5.89. The minimum Gasteiger partial charge on any atom is -0.489 e. The van der Waals surface area contributed by atoms with Gasteiger partial charge in [-0.3, -0.25) is 0 Å². The molecule has 0 bridgehead atoms. The Balaban J connectivity index is 2.05. The largest absolute Gasteiger partial charge is 0.489 e. The fourth-order valence-corrected chi connectivity index (χ4v) is 1.81. The monoisotopic (exact) mass is 267 g/mol. The van der Waals surface area contributed by atoms with Gasteiger partial charge in [-0.25, -0.2) is 4.79 Å². The SMILES string of the molecule is Cc1cc(OCc2ccc(C#N)cc2)ccc1C(=O)O. The minimum atomic E-state index is -0.943. The number of nitriles is 1. The molecular weight excluding hydrogens is 254 g/mol. The summed E-state index contributed by atoms with van der Waals surface area (Å²) >= 11 is 0. The first-order valence-corrected chi connectivity index (χ1v) is 6.06. The van der Waals surface area contributed by atoms with Gasteiger partial charge in [0.25, 0.3) is 0 Å². The molecule has 4 nitrogen and oxygen atoms in total. The molecule has 0 fully saturated rings. The van der Waals surface area contributed by atoms with Crippen LogP contribution < -0.4 is 4.74 Å². The molecule has 20 heavy (non-hydrogen) atoms. The molecule has 2 aromatic carbocycles. The molecule has 2 rings (SSSR count). The van der Waals surface area contributed by atoms with Gasteiger partial charge >= 0.3 is 5.97 Å². The van der Waals surface area contributed by atoms with Crippen molar-refractivity contribution < 1.29 is 14.6 Å². The van der Waals surface area contributed by atoms with E-state index < -0.39 is 5.97 Å². The number of benzene rings is 2. The van der Waals surface area contributed by atoms with Gasteiger partial charge < -0.3 is 9.84 Å². The first-order chi connectivity index (χ1) is 9.60. The van der Waals surface area contributed by atoms with Crippen molar-refractivity contribution in [1.29, 1.82) is 5.26 Å². The third-order valence-electron chi connectivity index (χ3n) is 2.92. The Labute approximate surface area is 116 Å². The van der Waals surface area contributed by atoms with Gasteiger partial charge in [-0.15, -0.1) is 0 Å². The molecule has 0 heterocycles. The zero-order chi connectivity index (χ0) is 14.5. The van der Waals surface area contributed by atoms with Gasteiger partial charge in [-0.05, 0) is 48.4 Å². The predicted octanol–water partition coefficient (Wildman–Crippen LogP) is 3.14. The van der Waals surface area contributed by atoms with Crippen LogP contribution in [0.5, 0.6) is 5.75 Å². The van der Waals surface area contributed by atoms with Crippen LogP contribution in [0.4, 0.5) is 0 Å². The number of nitrogens with zero attached hydrogens (tertiary/aromatic N) is 1. The average Bonchev–Trinajstić information content (AvgIpc) is 2.45. The van der Waals surface area contributed by atoms with Crippen LogP contribution in [0.2, 0.25) is 0 Å². The Morgan fingerprint density at radius 2 is 1.95 bits per heavy atom. The third-order valence-corrected chi connectivity index (χ3v) is 2.92. The Morgan fingerprint density at radius 1 is 1.25 bits per heavy atom. The molecule has 0 aliphatic carbocycles. The van der Waals surface area contributed by atoms with Crippen molar-refractivity contribution in [2.75, 3.05) is 0 Å². The standard InChI is InChI=1S/C16H13NO3/c1-11-8-14(6-7-15(11)16(18)19)20-10-13-4-2-12(9-17)3-5-13/h2-8H,10H2,1H3,(H,18,19). The van der Waals surface area contributed by atoms with E-state index in [-0.39, 0.29) is 5.56 Å². The summed E-state index contributed by atoms with van der Waals surface area (Å²) in [7, 11) is 0. The molecule has 1 N–H and O–H groups in total. The Bertz CT molecular complexity index is 669. The quantitative estimate of drug-likeness (QED) is 0.923. The molecular formula is C16H13NO3. The highest BCUT2D eigenvalue weighted by Gasteiger charge is 2.07. The normalized spacial score (nSPS) is 9.80. The van der Waals surface area contributed by atoms with E-state index in [0.29, 0.717) is 23.5 Å². The first-order valence-electron chi connectivity index (χ1n) is 6.06. The van der Waals surface area contributed by atoms with Crippen LogP contribution in [0, 0.1) is 18.3 Å².